The first-order valence-electron chi connectivity index (χ1n) is 6.13. The maximum atomic E-state index is 6.05. The molecule has 0 fully saturated rings. The highest BCUT2D eigenvalue weighted by atomic mass is 35.5. The first kappa shape index (κ1) is 12.6. The van der Waals surface area contributed by atoms with Gasteiger partial charge < -0.3 is 4.57 Å². The maximum Gasteiger partial charge on any atom is 0.160 e. The molecule has 0 saturated carbocycles. The first-order chi connectivity index (χ1) is 9.22. The number of halogens is 1. The molecule has 1 atom stereocenters. The van der Waals surface area contributed by atoms with Gasteiger partial charge >= 0.3 is 0 Å². The Labute approximate surface area is 120 Å². The fourth-order valence-electron chi connectivity index (χ4n) is 2.32. The molecule has 3 heterocycles. The SMILES string of the molecule is Cc1ccnc2c1nc(CCl)n2C(C)c1ccsc1. The highest BCUT2D eigenvalue weighted by molar-refractivity contribution is 7.07. The van der Waals surface area contributed by atoms with Crippen molar-refractivity contribution in [3.63, 3.8) is 0 Å². The number of alkyl halides is 1. The van der Waals surface area contributed by atoms with Gasteiger partial charge in [-0.25, -0.2) is 9.97 Å². The molecule has 0 aliphatic carbocycles. The van der Waals surface area contributed by atoms with Crippen molar-refractivity contribution in [3.8, 4) is 0 Å². The third kappa shape index (κ3) is 2.05. The third-order valence-electron chi connectivity index (χ3n) is 3.39. The quantitative estimate of drug-likeness (QED) is 0.679. The molecule has 19 heavy (non-hydrogen) atoms. The molecule has 0 radical (unpaired) electrons. The van der Waals surface area contributed by atoms with Crippen LogP contribution in [0.1, 0.15) is 29.9 Å². The number of imidazole rings is 1. The van der Waals surface area contributed by atoms with Crippen LogP contribution in [0.2, 0.25) is 0 Å². The molecule has 0 aromatic carbocycles. The van der Waals surface area contributed by atoms with Crippen molar-refractivity contribution in [1.82, 2.24) is 14.5 Å². The third-order valence-corrected chi connectivity index (χ3v) is 4.33. The smallest absolute Gasteiger partial charge is 0.160 e. The van der Waals surface area contributed by atoms with E-state index in [4.69, 9.17) is 11.6 Å². The van der Waals surface area contributed by atoms with E-state index in [0.29, 0.717) is 5.88 Å². The Bertz CT molecular complexity index is 703. The van der Waals surface area contributed by atoms with Gasteiger partial charge in [-0.1, -0.05) is 0 Å². The zero-order valence-corrected chi connectivity index (χ0v) is 12.4. The average molecular weight is 292 g/mol. The normalized spacial score (nSPS) is 13.0. The topological polar surface area (TPSA) is 30.7 Å². The number of aromatic nitrogens is 3. The minimum Gasteiger partial charge on any atom is -0.304 e. The van der Waals surface area contributed by atoms with Crippen LogP contribution in [0.4, 0.5) is 0 Å². The van der Waals surface area contributed by atoms with E-state index < -0.39 is 0 Å². The van der Waals surface area contributed by atoms with Crippen molar-refractivity contribution in [2.24, 2.45) is 0 Å². The number of pyridine rings is 1. The molecule has 5 heteroatoms. The Morgan fingerprint density at radius 3 is 2.95 bits per heavy atom. The van der Waals surface area contributed by atoms with E-state index in [2.05, 4.69) is 45.2 Å². The van der Waals surface area contributed by atoms with Gasteiger partial charge in [-0.3, -0.25) is 0 Å². The van der Waals surface area contributed by atoms with Gasteiger partial charge in [0, 0.05) is 6.20 Å². The van der Waals surface area contributed by atoms with E-state index in [1.165, 1.54) is 5.56 Å². The van der Waals surface area contributed by atoms with Gasteiger partial charge in [0.1, 0.15) is 11.3 Å². The van der Waals surface area contributed by atoms with E-state index in [1.807, 2.05) is 12.3 Å². The Kier molecular flexibility index (Phi) is 3.29. The number of nitrogens with zero attached hydrogens (tertiary/aromatic N) is 3. The predicted octanol–water partition coefficient (Wildman–Crippen LogP) is 4.15. The summed E-state index contributed by atoms with van der Waals surface area (Å²) in [7, 11) is 0. The van der Waals surface area contributed by atoms with Crippen LogP contribution in [0.3, 0.4) is 0 Å². The molecule has 3 nitrogen and oxygen atoms in total. The minimum absolute atomic E-state index is 0.194. The number of hydrogen-bond acceptors (Lipinski definition) is 3. The summed E-state index contributed by atoms with van der Waals surface area (Å²) in [6, 6.07) is 4.31. The second-order valence-corrected chi connectivity index (χ2v) is 5.61. The van der Waals surface area contributed by atoms with Crippen molar-refractivity contribution in [1.29, 1.82) is 0 Å². The fourth-order valence-corrected chi connectivity index (χ4v) is 3.25. The van der Waals surface area contributed by atoms with Gasteiger partial charge in [-0.15, -0.1) is 11.6 Å². The van der Waals surface area contributed by atoms with Crippen LogP contribution < -0.4 is 0 Å². The number of rotatable bonds is 3. The zero-order valence-electron chi connectivity index (χ0n) is 10.8. The van der Waals surface area contributed by atoms with Crippen molar-refractivity contribution >= 4 is 34.1 Å². The summed E-state index contributed by atoms with van der Waals surface area (Å²) in [5.41, 5.74) is 4.25. The standard InChI is InChI=1S/C14H14ClN3S/c1-9-3-5-16-14-13(9)17-12(7-15)18(14)10(2)11-4-6-19-8-11/h3-6,8,10H,7H2,1-2H3. The Morgan fingerprint density at radius 1 is 1.42 bits per heavy atom. The van der Waals surface area contributed by atoms with Crippen LogP contribution in [0.25, 0.3) is 11.2 Å². The number of aryl methyl sites for hydroxylation is 1. The highest BCUT2D eigenvalue weighted by Gasteiger charge is 2.18. The first-order valence-corrected chi connectivity index (χ1v) is 7.60. The molecule has 0 bridgehead atoms. The molecule has 3 aromatic rings. The summed E-state index contributed by atoms with van der Waals surface area (Å²) in [5, 5.41) is 4.24. The van der Waals surface area contributed by atoms with Crippen LogP contribution in [0, 0.1) is 6.92 Å². The molecule has 1 unspecified atom stereocenters. The van der Waals surface area contributed by atoms with Gasteiger partial charge in [-0.05, 0) is 47.9 Å². The fraction of sp³-hybridized carbons (Fsp3) is 0.286. The lowest BCUT2D eigenvalue weighted by Gasteiger charge is -2.15. The molecule has 0 aliphatic rings. The van der Waals surface area contributed by atoms with Crippen LogP contribution >= 0.6 is 22.9 Å². The summed E-state index contributed by atoms with van der Waals surface area (Å²) in [5.74, 6) is 1.27. The van der Waals surface area contributed by atoms with Gasteiger partial charge in [-0.2, -0.15) is 11.3 Å². The van der Waals surface area contributed by atoms with Gasteiger partial charge in [0.15, 0.2) is 5.65 Å². The molecule has 0 N–H and O–H groups in total. The number of hydrogen-bond donors (Lipinski definition) is 0. The molecule has 0 aliphatic heterocycles. The summed E-state index contributed by atoms with van der Waals surface area (Å²) in [4.78, 5) is 9.12. The van der Waals surface area contributed by atoms with E-state index in [0.717, 1.165) is 22.6 Å². The van der Waals surface area contributed by atoms with E-state index >= 15 is 0 Å². The van der Waals surface area contributed by atoms with Gasteiger partial charge in [0.25, 0.3) is 0 Å². The van der Waals surface area contributed by atoms with E-state index in [9.17, 15) is 0 Å². The number of thiophene rings is 1. The molecule has 0 spiro atoms. The molecular formula is C14H14ClN3S. The molecule has 3 aromatic heterocycles. The highest BCUT2D eigenvalue weighted by Crippen LogP contribution is 2.28. The summed E-state index contributed by atoms with van der Waals surface area (Å²) >= 11 is 7.75. The molecule has 0 amide bonds. The van der Waals surface area contributed by atoms with Crippen molar-refractivity contribution in [2.45, 2.75) is 25.8 Å². The summed E-state index contributed by atoms with van der Waals surface area (Å²) in [6.45, 7) is 4.21. The van der Waals surface area contributed by atoms with Crippen molar-refractivity contribution in [3.05, 3.63) is 46.0 Å². The van der Waals surface area contributed by atoms with Gasteiger partial charge in [0.2, 0.25) is 0 Å². The molecule has 3 rings (SSSR count). The maximum absolute atomic E-state index is 6.05. The summed E-state index contributed by atoms with van der Waals surface area (Å²) < 4.78 is 2.14. The van der Waals surface area contributed by atoms with Crippen molar-refractivity contribution in [2.75, 3.05) is 0 Å². The van der Waals surface area contributed by atoms with Crippen LogP contribution in [-0.4, -0.2) is 14.5 Å². The minimum atomic E-state index is 0.194. The lowest BCUT2D eigenvalue weighted by Crippen LogP contribution is -2.09. The van der Waals surface area contributed by atoms with E-state index in [-0.39, 0.29) is 6.04 Å². The van der Waals surface area contributed by atoms with E-state index in [1.54, 1.807) is 11.3 Å². The molecule has 98 valence electrons. The van der Waals surface area contributed by atoms with Crippen LogP contribution in [-0.2, 0) is 5.88 Å². The molecular weight excluding hydrogens is 278 g/mol. The van der Waals surface area contributed by atoms with Gasteiger partial charge in [0.05, 0.1) is 11.9 Å². The van der Waals surface area contributed by atoms with Crippen molar-refractivity contribution < 1.29 is 0 Å². The largest absolute Gasteiger partial charge is 0.304 e. The lowest BCUT2D eigenvalue weighted by molar-refractivity contribution is 0.631. The Hall–Kier alpha value is -1.39. The summed E-state index contributed by atoms with van der Waals surface area (Å²) in [6.07, 6.45) is 1.83. The monoisotopic (exact) mass is 291 g/mol. The zero-order chi connectivity index (χ0) is 13.4. The number of fused-ring (bicyclic) bond motifs is 1. The second kappa shape index (κ2) is 4.94. The molecule has 0 saturated heterocycles. The lowest BCUT2D eigenvalue weighted by atomic mass is 10.2. The van der Waals surface area contributed by atoms with Crippen LogP contribution in [0.5, 0.6) is 0 Å². The Morgan fingerprint density at radius 2 is 2.26 bits per heavy atom. The Balaban J connectivity index is 2.24. The predicted molar refractivity (Wildman–Crippen MR) is 80.0 cm³/mol. The second-order valence-electron chi connectivity index (χ2n) is 4.56. The van der Waals surface area contributed by atoms with Crippen LogP contribution in [0.15, 0.2) is 29.1 Å². The average Bonchev–Trinajstić information content (AvgIpc) is 3.05.